The van der Waals surface area contributed by atoms with Gasteiger partial charge in [0.05, 0.1) is 40.5 Å². The molecule has 2 bridgehead atoms. The third-order valence-electron chi connectivity index (χ3n) is 6.13. The van der Waals surface area contributed by atoms with Gasteiger partial charge in [-0.3, -0.25) is 10.1 Å². The van der Waals surface area contributed by atoms with Crippen LogP contribution in [0.15, 0.2) is 53.4 Å². The summed E-state index contributed by atoms with van der Waals surface area (Å²) in [4.78, 5) is 21.9. The summed E-state index contributed by atoms with van der Waals surface area (Å²) < 4.78 is 44.7. The van der Waals surface area contributed by atoms with Gasteiger partial charge in [0.15, 0.2) is 9.84 Å². The zero-order valence-electron chi connectivity index (χ0n) is 18.2. The second-order valence-corrected chi connectivity index (χ2v) is 10.6. The van der Waals surface area contributed by atoms with Crippen LogP contribution in [0, 0.1) is 21.8 Å². The Morgan fingerprint density at radius 2 is 1.82 bits per heavy atom. The number of halogens is 1. The van der Waals surface area contributed by atoms with Crippen LogP contribution in [-0.2, 0) is 14.6 Å². The van der Waals surface area contributed by atoms with Crippen LogP contribution in [0.3, 0.4) is 0 Å². The number of nitrogens with zero attached hydrogens (tertiary/aromatic N) is 4. The first-order valence-corrected chi connectivity index (χ1v) is 12.6. The Hall–Kier alpha value is -3.44. The minimum Gasteiger partial charge on any atom is -0.379 e. The number of benzene rings is 2. The molecule has 0 radical (unpaired) electrons. The molecule has 2 aliphatic rings. The molecule has 0 aliphatic carbocycles. The van der Waals surface area contributed by atoms with Gasteiger partial charge in [-0.25, -0.2) is 22.8 Å². The lowest BCUT2D eigenvalue weighted by molar-refractivity contribution is -0.384. The summed E-state index contributed by atoms with van der Waals surface area (Å²) in [5.41, 5.74) is 1.36. The van der Waals surface area contributed by atoms with E-state index >= 15 is 0 Å². The maximum absolute atomic E-state index is 14.2. The highest BCUT2D eigenvalue weighted by molar-refractivity contribution is 7.90. The summed E-state index contributed by atoms with van der Waals surface area (Å²) in [6.45, 7) is 1.88. The lowest BCUT2D eigenvalue weighted by Gasteiger charge is -2.25. The maximum Gasteiger partial charge on any atom is 0.269 e. The fourth-order valence-electron chi connectivity index (χ4n) is 4.54. The van der Waals surface area contributed by atoms with Crippen molar-refractivity contribution in [2.45, 2.75) is 17.4 Å². The largest absolute Gasteiger partial charge is 0.379 e. The van der Waals surface area contributed by atoms with E-state index in [1.54, 1.807) is 18.2 Å². The summed E-state index contributed by atoms with van der Waals surface area (Å²) in [6.07, 6.45) is 2.00. The van der Waals surface area contributed by atoms with Crippen molar-refractivity contribution in [3.63, 3.8) is 0 Å². The Morgan fingerprint density at radius 3 is 2.50 bits per heavy atom. The van der Waals surface area contributed by atoms with Crippen LogP contribution < -0.4 is 4.90 Å². The van der Waals surface area contributed by atoms with Crippen molar-refractivity contribution >= 4 is 21.5 Å². The van der Waals surface area contributed by atoms with Gasteiger partial charge < -0.3 is 9.64 Å². The molecule has 5 rings (SSSR count). The molecule has 3 aromatic rings. The minimum atomic E-state index is -3.67. The fourth-order valence-corrected chi connectivity index (χ4v) is 5.41. The van der Waals surface area contributed by atoms with E-state index < -0.39 is 20.6 Å². The van der Waals surface area contributed by atoms with Crippen LogP contribution in [0.1, 0.15) is 6.42 Å². The van der Waals surface area contributed by atoms with Crippen LogP contribution in [0.2, 0.25) is 0 Å². The van der Waals surface area contributed by atoms with Crippen LogP contribution >= 0.6 is 0 Å². The van der Waals surface area contributed by atoms with Crippen molar-refractivity contribution in [1.82, 2.24) is 9.97 Å². The molecule has 176 valence electrons. The Kier molecular flexibility index (Phi) is 5.53. The van der Waals surface area contributed by atoms with Crippen LogP contribution in [0.5, 0.6) is 0 Å². The van der Waals surface area contributed by atoms with Gasteiger partial charge in [0.1, 0.15) is 5.82 Å². The minimum absolute atomic E-state index is 0.0447. The van der Waals surface area contributed by atoms with E-state index in [1.165, 1.54) is 18.2 Å². The van der Waals surface area contributed by atoms with Crippen molar-refractivity contribution in [2.75, 3.05) is 30.9 Å². The number of sulfone groups is 1. The fraction of sp³-hybridized carbons (Fsp3) is 0.304. The topological polar surface area (TPSA) is 116 Å². The second kappa shape index (κ2) is 8.41. The van der Waals surface area contributed by atoms with Crippen molar-refractivity contribution in [3.8, 4) is 22.5 Å². The van der Waals surface area contributed by atoms with E-state index in [9.17, 15) is 22.9 Å². The lowest BCUT2D eigenvalue weighted by Crippen LogP contribution is -2.34. The van der Waals surface area contributed by atoms with Gasteiger partial charge in [0, 0.05) is 42.0 Å². The number of nitro groups is 1. The molecule has 11 heteroatoms. The molecule has 0 spiro atoms. The first-order valence-electron chi connectivity index (χ1n) is 10.7. The number of non-ortho nitro benzene ring substituents is 1. The molecule has 1 aromatic heterocycles. The van der Waals surface area contributed by atoms with Crippen molar-refractivity contribution < 1.29 is 22.5 Å². The van der Waals surface area contributed by atoms with Gasteiger partial charge in [-0.05, 0) is 42.8 Å². The summed E-state index contributed by atoms with van der Waals surface area (Å²) in [5, 5.41) is 11.1. The highest BCUT2D eigenvalue weighted by atomic mass is 32.2. The summed E-state index contributed by atoms with van der Waals surface area (Å²) in [5.74, 6) is 0.132. The molecular formula is C23H21FN4O5S. The predicted molar refractivity (Wildman–Crippen MR) is 123 cm³/mol. The number of anilines is 1. The van der Waals surface area contributed by atoms with Crippen molar-refractivity contribution in [1.29, 1.82) is 0 Å². The van der Waals surface area contributed by atoms with Crippen molar-refractivity contribution in [3.05, 3.63) is 64.5 Å². The second-order valence-electron chi connectivity index (χ2n) is 8.60. The van der Waals surface area contributed by atoms with E-state index in [1.807, 2.05) is 4.90 Å². The molecule has 2 fully saturated rings. The Bertz CT molecular complexity index is 1380. The molecule has 2 aliphatic heterocycles. The smallest absolute Gasteiger partial charge is 0.269 e. The number of nitro benzene ring substituents is 1. The molecule has 9 nitrogen and oxygen atoms in total. The number of aromatic nitrogens is 2. The number of hydrogen-bond acceptors (Lipinski definition) is 8. The van der Waals surface area contributed by atoms with Gasteiger partial charge in [0.25, 0.3) is 5.69 Å². The summed E-state index contributed by atoms with van der Waals surface area (Å²) in [6, 6.07) is 11.0. The van der Waals surface area contributed by atoms with Crippen LogP contribution in [0.4, 0.5) is 16.0 Å². The molecule has 34 heavy (non-hydrogen) atoms. The van der Waals surface area contributed by atoms with Crippen LogP contribution in [-0.4, -0.2) is 55.4 Å². The van der Waals surface area contributed by atoms with E-state index in [2.05, 4.69) is 4.98 Å². The van der Waals surface area contributed by atoms with Gasteiger partial charge in [-0.15, -0.1) is 0 Å². The number of hydrogen-bond donors (Lipinski definition) is 0. The lowest BCUT2D eigenvalue weighted by atomic mass is 10.1. The van der Waals surface area contributed by atoms with E-state index in [0.29, 0.717) is 42.9 Å². The molecule has 3 heterocycles. The molecule has 0 saturated carbocycles. The van der Waals surface area contributed by atoms with E-state index in [4.69, 9.17) is 9.72 Å². The number of ether oxygens (including phenoxy) is 1. The van der Waals surface area contributed by atoms with E-state index in [0.717, 1.165) is 24.8 Å². The summed E-state index contributed by atoms with van der Waals surface area (Å²) >= 11 is 0. The molecular weight excluding hydrogens is 463 g/mol. The van der Waals surface area contributed by atoms with Gasteiger partial charge >= 0.3 is 0 Å². The Balaban J connectivity index is 1.69. The standard InChI is InChI=1S/C23H21FN4O5S/c1-34(31,32)22-7-4-16(24)9-19(22)21-10-20(15-2-5-17(6-3-15)28(29)30)25-23(26-21)27-11-14-8-18(27)13-33-12-14/h2-7,9-10,14,18H,8,11-13H2,1H3. The third-order valence-corrected chi connectivity index (χ3v) is 7.28. The predicted octanol–water partition coefficient (Wildman–Crippen LogP) is 3.49. The average Bonchev–Trinajstić information content (AvgIpc) is 3.11. The van der Waals surface area contributed by atoms with Crippen LogP contribution in [0.25, 0.3) is 22.5 Å². The quantitative estimate of drug-likeness (QED) is 0.307. The molecule has 2 saturated heterocycles. The molecule has 0 N–H and O–H groups in total. The normalized spacial score (nSPS) is 19.9. The number of rotatable bonds is 5. The molecule has 2 unspecified atom stereocenters. The first kappa shape index (κ1) is 22.4. The zero-order chi connectivity index (χ0) is 24.0. The van der Waals surface area contributed by atoms with Gasteiger partial charge in [0.2, 0.25) is 5.95 Å². The monoisotopic (exact) mass is 484 g/mol. The van der Waals surface area contributed by atoms with Crippen molar-refractivity contribution in [2.24, 2.45) is 5.92 Å². The van der Waals surface area contributed by atoms with Gasteiger partial charge in [-0.1, -0.05) is 0 Å². The third kappa shape index (κ3) is 4.24. The summed E-state index contributed by atoms with van der Waals surface area (Å²) in [7, 11) is -3.67. The Labute approximate surface area is 195 Å². The molecule has 2 aromatic carbocycles. The number of fused-ring (bicyclic) bond motifs is 2. The first-order chi connectivity index (χ1) is 16.2. The SMILES string of the molecule is CS(=O)(=O)c1ccc(F)cc1-c1cc(-c2ccc([N+](=O)[O-])cc2)nc(N2CC3COCC2C3)n1. The molecule has 0 amide bonds. The zero-order valence-corrected chi connectivity index (χ0v) is 19.0. The highest BCUT2D eigenvalue weighted by Crippen LogP contribution is 2.35. The highest BCUT2D eigenvalue weighted by Gasteiger charge is 2.37. The average molecular weight is 485 g/mol. The van der Waals surface area contributed by atoms with E-state index in [-0.39, 0.29) is 27.9 Å². The van der Waals surface area contributed by atoms with Gasteiger partial charge in [-0.2, -0.15) is 0 Å². The maximum atomic E-state index is 14.2. The Morgan fingerprint density at radius 1 is 1.09 bits per heavy atom. The molecule has 2 atom stereocenters.